The molecular weight excluding hydrogens is 309 g/mol. The van der Waals surface area contributed by atoms with Gasteiger partial charge < -0.3 is 10.1 Å². The topological polar surface area (TPSA) is 55.4 Å². The van der Waals surface area contributed by atoms with Gasteiger partial charge in [-0.2, -0.15) is 0 Å². The van der Waals surface area contributed by atoms with Crippen LogP contribution in [0.15, 0.2) is 42.5 Å². The average Bonchev–Trinajstić information content (AvgIpc) is 2.45. The second-order valence-electron chi connectivity index (χ2n) is 4.62. The van der Waals surface area contributed by atoms with Crippen molar-refractivity contribution in [3.05, 3.63) is 64.4 Å². The van der Waals surface area contributed by atoms with E-state index in [4.69, 9.17) is 16.3 Å². The summed E-state index contributed by atoms with van der Waals surface area (Å²) >= 11 is 5.60. The van der Waals surface area contributed by atoms with Crippen molar-refractivity contribution in [2.24, 2.45) is 0 Å². The fourth-order valence-electron chi connectivity index (χ4n) is 1.78. The number of hydrogen-bond donors (Lipinski definition) is 1. The molecule has 1 N–H and O–H groups in total. The molecule has 0 saturated carbocycles. The second kappa shape index (κ2) is 7.04. The lowest BCUT2D eigenvalue weighted by atomic mass is 10.2. The van der Waals surface area contributed by atoms with Crippen LogP contribution in [-0.4, -0.2) is 18.5 Å². The van der Waals surface area contributed by atoms with Gasteiger partial charge >= 0.3 is 5.97 Å². The SMILES string of the molecule is Cc1cccc(NC(=O)COC(=O)c2ccc(Cl)cc2F)c1. The lowest BCUT2D eigenvalue weighted by Crippen LogP contribution is -2.21. The van der Waals surface area contributed by atoms with Crippen LogP contribution >= 0.6 is 11.6 Å². The zero-order chi connectivity index (χ0) is 16.1. The molecule has 0 fully saturated rings. The zero-order valence-corrected chi connectivity index (χ0v) is 12.5. The third-order valence-electron chi connectivity index (χ3n) is 2.79. The summed E-state index contributed by atoms with van der Waals surface area (Å²) in [5, 5.41) is 2.75. The largest absolute Gasteiger partial charge is 0.452 e. The number of hydrogen-bond acceptors (Lipinski definition) is 3. The van der Waals surface area contributed by atoms with Crippen LogP contribution in [0.25, 0.3) is 0 Å². The van der Waals surface area contributed by atoms with Crippen LogP contribution in [0.4, 0.5) is 10.1 Å². The van der Waals surface area contributed by atoms with E-state index in [1.807, 2.05) is 13.0 Å². The third-order valence-corrected chi connectivity index (χ3v) is 3.02. The molecule has 4 nitrogen and oxygen atoms in total. The van der Waals surface area contributed by atoms with Gasteiger partial charge in [-0.05, 0) is 42.8 Å². The van der Waals surface area contributed by atoms with Crippen molar-refractivity contribution in [2.45, 2.75) is 6.92 Å². The predicted octanol–water partition coefficient (Wildman–Crippen LogP) is 3.58. The van der Waals surface area contributed by atoms with E-state index >= 15 is 0 Å². The molecule has 0 heterocycles. The number of aryl methyl sites for hydroxylation is 1. The maximum absolute atomic E-state index is 13.5. The summed E-state index contributed by atoms with van der Waals surface area (Å²) < 4.78 is 18.3. The van der Waals surface area contributed by atoms with Crippen LogP contribution in [0.5, 0.6) is 0 Å². The number of halogens is 2. The summed E-state index contributed by atoms with van der Waals surface area (Å²) in [6.45, 7) is 1.38. The Bertz CT molecular complexity index is 718. The quantitative estimate of drug-likeness (QED) is 0.876. The van der Waals surface area contributed by atoms with Crippen LogP contribution in [0.1, 0.15) is 15.9 Å². The maximum atomic E-state index is 13.5. The molecular formula is C16H13ClFNO3. The average molecular weight is 322 g/mol. The number of amides is 1. The van der Waals surface area contributed by atoms with Crippen LogP contribution in [0.3, 0.4) is 0 Å². The lowest BCUT2D eigenvalue weighted by molar-refractivity contribution is -0.119. The molecule has 114 valence electrons. The Hall–Kier alpha value is -2.40. The van der Waals surface area contributed by atoms with Gasteiger partial charge in [0, 0.05) is 10.7 Å². The van der Waals surface area contributed by atoms with Gasteiger partial charge in [-0.25, -0.2) is 9.18 Å². The van der Waals surface area contributed by atoms with Crippen LogP contribution in [0, 0.1) is 12.7 Å². The molecule has 0 saturated heterocycles. The van der Waals surface area contributed by atoms with Crippen molar-refractivity contribution in [1.29, 1.82) is 0 Å². The van der Waals surface area contributed by atoms with E-state index in [0.29, 0.717) is 5.69 Å². The van der Waals surface area contributed by atoms with Crippen LogP contribution in [0.2, 0.25) is 5.02 Å². The molecule has 0 aromatic heterocycles. The fourth-order valence-corrected chi connectivity index (χ4v) is 1.94. The fraction of sp³-hybridized carbons (Fsp3) is 0.125. The number of nitrogens with one attached hydrogen (secondary N) is 1. The highest BCUT2D eigenvalue weighted by Gasteiger charge is 2.15. The number of esters is 1. The van der Waals surface area contributed by atoms with Gasteiger partial charge in [-0.1, -0.05) is 23.7 Å². The number of rotatable bonds is 4. The Kier molecular flexibility index (Phi) is 5.12. The molecule has 2 rings (SSSR count). The van der Waals surface area contributed by atoms with Crippen molar-refractivity contribution in [3.8, 4) is 0 Å². The molecule has 2 aromatic rings. The Labute approximate surface area is 131 Å². The van der Waals surface area contributed by atoms with Gasteiger partial charge in [0.15, 0.2) is 6.61 Å². The third kappa shape index (κ3) is 4.30. The number of anilines is 1. The minimum Gasteiger partial charge on any atom is -0.452 e. The van der Waals surface area contributed by atoms with Gasteiger partial charge in [-0.3, -0.25) is 4.79 Å². The van der Waals surface area contributed by atoms with Crippen LogP contribution in [-0.2, 0) is 9.53 Å². The monoisotopic (exact) mass is 321 g/mol. The Morgan fingerprint density at radius 2 is 2.00 bits per heavy atom. The van der Waals surface area contributed by atoms with E-state index in [0.717, 1.165) is 11.6 Å². The summed E-state index contributed by atoms with van der Waals surface area (Å²) in [5.41, 5.74) is 1.31. The van der Waals surface area contributed by atoms with E-state index in [2.05, 4.69) is 5.32 Å². The number of ether oxygens (including phenoxy) is 1. The molecule has 0 aliphatic carbocycles. The summed E-state index contributed by atoms with van der Waals surface area (Å²) in [6.07, 6.45) is 0. The maximum Gasteiger partial charge on any atom is 0.341 e. The highest BCUT2D eigenvalue weighted by Crippen LogP contribution is 2.15. The van der Waals surface area contributed by atoms with Gasteiger partial charge in [0.2, 0.25) is 0 Å². The molecule has 0 spiro atoms. The number of benzene rings is 2. The first-order valence-electron chi connectivity index (χ1n) is 6.44. The molecule has 0 bridgehead atoms. The van der Waals surface area contributed by atoms with Gasteiger partial charge in [-0.15, -0.1) is 0 Å². The Morgan fingerprint density at radius 3 is 2.68 bits per heavy atom. The van der Waals surface area contributed by atoms with E-state index in [-0.39, 0.29) is 10.6 Å². The normalized spacial score (nSPS) is 10.1. The second-order valence-corrected chi connectivity index (χ2v) is 5.05. The Morgan fingerprint density at radius 1 is 1.23 bits per heavy atom. The van der Waals surface area contributed by atoms with Crippen molar-refractivity contribution < 1.29 is 18.7 Å². The first-order chi connectivity index (χ1) is 10.5. The van der Waals surface area contributed by atoms with Gasteiger partial charge in [0.25, 0.3) is 5.91 Å². The first kappa shape index (κ1) is 16.0. The van der Waals surface area contributed by atoms with E-state index in [9.17, 15) is 14.0 Å². The predicted molar refractivity (Wildman–Crippen MR) is 81.5 cm³/mol. The molecule has 1 amide bonds. The van der Waals surface area contributed by atoms with Crippen LogP contribution < -0.4 is 5.32 Å². The molecule has 22 heavy (non-hydrogen) atoms. The molecule has 0 aliphatic rings. The summed E-state index contributed by atoms with van der Waals surface area (Å²) in [7, 11) is 0. The van der Waals surface area contributed by atoms with Crippen molar-refractivity contribution in [2.75, 3.05) is 11.9 Å². The molecule has 0 atom stereocenters. The molecule has 2 aromatic carbocycles. The van der Waals surface area contributed by atoms with Gasteiger partial charge in [0.05, 0.1) is 5.56 Å². The Balaban J connectivity index is 1.92. The minimum absolute atomic E-state index is 0.172. The number of carbonyl (C=O) groups is 2. The minimum atomic E-state index is -0.923. The van der Waals surface area contributed by atoms with Gasteiger partial charge in [0.1, 0.15) is 5.82 Å². The standard InChI is InChI=1S/C16H13ClFNO3/c1-10-3-2-4-12(7-10)19-15(20)9-22-16(21)13-6-5-11(17)8-14(13)18/h2-8H,9H2,1H3,(H,19,20). The zero-order valence-electron chi connectivity index (χ0n) is 11.7. The number of carbonyl (C=O) groups excluding carboxylic acids is 2. The summed E-state index contributed by atoms with van der Waals surface area (Å²) in [4.78, 5) is 23.4. The molecule has 0 aliphatic heterocycles. The molecule has 0 radical (unpaired) electrons. The lowest BCUT2D eigenvalue weighted by Gasteiger charge is -2.07. The van der Waals surface area contributed by atoms with E-state index < -0.39 is 24.3 Å². The van der Waals surface area contributed by atoms with Crippen molar-refractivity contribution in [3.63, 3.8) is 0 Å². The van der Waals surface area contributed by atoms with E-state index in [1.54, 1.807) is 18.2 Å². The highest BCUT2D eigenvalue weighted by molar-refractivity contribution is 6.30. The molecule has 6 heteroatoms. The van der Waals surface area contributed by atoms with E-state index in [1.165, 1.54) is 12.1 Å². The van der Waals surface area contributed by atoms with Crippen molar-refractivity contribution >= 4 is 29.2 Å². The highest BCUT2D eigenvalue weighted by atomic mass is 35.5. The smallest absolute Gasteiger partial charge is 0.341 e. The summed E-state index contributed by atoms with van der Waals surface area (Å²) in [5.74, 6) is -2.22. The summed E-state index contributed by atoms with van der Waals surface area (Å²) in [6, 6.07) is 10.8. The first-order valence-corrected chi connectivity index (χ1v) is 6.82. The molecule has 0 unspecified atom stereocenters. The van der Waals surface area contributed by atoms with Crippen molar-refractivity contribution in [1.82, 2.24) is 0 Å².